The molecule has 3 saturated heterocycles. The van der Waals surface area contributed by atoms with Gasteiger partial charge in [-0.25, -0.2) is 4.98 Å². The van der Waals surface area contributed by atoms with Crippen molar-refractivity contribution < 1.29 is 4.79 Å². The Hall–Kier alpha value is -3.23. The molecular formula is C30H39N7O. The van der Waals surface area contributed by atoms with Gasteiger partial charge in [0.2, 0.25) is 0 Å². The first-order valence-corrected chi connectivity index (χ1v) is 14.1. The molecule has 8 heteroatoms. The number of piperidine rings is 1. The normalized spacial score (nSPS) is 23.8. The van der Waals surface area contributed by atoms with Gasteiger partial charge in [-0.1, -0.05) is 0 Å². The summed E-state index contributed by atoms with van der Waals surface area (Å²) in [6.45, 7) is 6.87. The first-order chi connectivity index (χ1) is 18.5. The molecule has 4 aliphatic rings. The number of anilines is 2. The van der Waals surface area contributed by atoms with Gasteiger partial charge in [-0.3, -0.25) is 14.7 Å². The fraction of sp³-hybridized carbons (Fsp3) is 0.500. The van der Waals surface area contributed by atoms with E-state index in [4.69, 9.17) is 5.73 Å². The Morgan fingerprint density at radius 1 is 1.00 bits per heavy atom. The van der Waals surface area contributed by atoms with Gasteiger partial charge >= 0.3 is 0 Å². The zero-order chi connectivity index (χ0) is 26.1. The van der Waals surface area contributed by atoms with Crippen molar-refractivity contribution in [1.29, 1.82) is 0 Å². The van der Waals surface area contributed by atoms with Crippen LogP contribution in [0.3, 0.4) is 0 Å². The topological polar surface area (TPSA) is 92.3 Å². The fourth-order valence-electron chi connectivity index (χ4n) is 6.48. The van der Waals surface area contributed by atoms with Crippen LogP contribution in [0.15, 0.2) is 49.1 Å². The summed E-state index contributed by atoms with van der Waals surface area (Å²) in [7, 11) is 0. The number of benzene rings is 1. The van der Waals surface area contributed by atoms with Crippen molar-refractivity contribution in [3.63, 3.8) is 0 Å². The number of fused-ring (bicyclic) bond motifs is 4. The Kier molecular flexibility index (Phi) is 7.17. The summed E-state index contributed by atoms with van der Waals surface area (Å²) >= 11 is 0. The molecule has 38 heavy (non-hydrogen) atoms. The molecule has 200 valence electrons. The van der Waals surface area contributed by atoms with Crippen molar-refractivity contribution in [3.8, 4) is 5.69 Å². The molecule has 0 unspecified atom stereocenters. The molecule has 3 aromatic rings. The monoisotopic (exact) mass is 513 g/mol. The molecule has 0 spiro atoms. The smallest absolute Gasteiger partial charge is 0.274 e. The number of hydrogen-bond donors (Lipinski definition) is 2. The van der Waals surface area contributed by atoms with Crippen LogP contribution in [0.2, 0.25) is 0 Å². The van der Waals surface area contributed by atoms with E-state index in [1.165, 1.54) is 25.7 Å². The van der Waals surface area contributed by atoms with E-state index >= 15 is 0 Å². The van der Waals surface area contributed by atoms with Gasteiger partial charge in [0.25, 0.3) is 5.91 Å². The second kappa shape index (κ2) is 10.9. The number of likely N-dealkylation sites (tertiary alicyclic amines) is 1. The number of hydrogen-bond acceptors (Lipinski definition) is 6. The highest BCUT2D eigenvalue weighted by molar-refractivity contribution is 6.03. The predicted octanol–water partition coefficient (Wildman–Crippen LogP) is 4.38. The van der Waals surface area contributed by atoms with Crippen LogP contribution < -0.4 is 16.0 Å². The van der Waals surface area contributed by atoms with E-state index in [0.717, 1.165) is 85.7 Å². The molecule has 1 amide bonds. The van der Waals surface area contributed by atoms with Crippen molar-refractivity contribution in [2.45, 2.75) is 58.0 Å². The second-order valence-corrected chi connectivity index (χ2v) is 11.6. The Labute approximate surface area is 225 Å². The maximum absolute atomic E-state index is 13.4. The zero-order valence-corrected chi connectivity index (χ0v) is 22.4. The van der Waals surface area contributed by atoms with Crippen molar-refractivity contribution in [3.05, 3.63) is 66.0 Å². The minimum Gasteiger partial charge on any atom is -0.371 e. The fourth-order valence-corrected chi connectivity index (χ4v) is 6.48. The van der Waals surface area contributed by atoms with Gasteiger partial charge in [-0.15, -0.1) is 0 Å². The average molecular weight is 514 g/mol. The first-order valence-electron chi connectivity index (χ1n) is 14.1. The molecule has 2 aromatic heterocycles. The number of nitrogens with zero attached hydrogens (tertiary/aromatic N) is 5. The van der Waals surface area contributed by atoms with E-state index in [0.29, 0.717) is 5.69 Å². The number of pyridine rings is 1. The van der Waals surface area contributed by atoms with Crippen LogP contribution in [0.5, 0.6) is 0 Å². The number of imidazole rings is 1. The average Bonchev–Trinajstić information content (AvgIpc) is 3.13. The molecule has 4 fully saturated rings. The molecule has 8 nitrogen and oxygen atoms in total. The SMILES string of the molecule is Cc1cn(-c2cc(CN3CCC[C@H](N)C3)cc(NC(=O)c3cc(N4CC5CCC(CC5)C4)ccn3)c2)cn1. The molecule has 2 bridgehead atoms. The molecular weight excluding hydrogens is 474 g/mol. The highest BCUT2D eigenvalue weighted by Gasteiger charge is 2.29. The van der Waals surface area contributed by atoms with E-state index in [2.05, 4.69) is 37.2 Å². The highest BCUT2D eigenvalue weighted by Crippen LogP contribution is 2.36. The van der Waals surface area contributed by atoms with Crippen LogP contribution in [-0.4, -0.2) is 57.6 Å². The van der Waals surface area contributed by atoms with E-state index < -0.39 is 0 Å². The van der Waals surface area contributed by atoms with E-state index in [1.54, 1.807) is 6.20 Å². The molecule has 5 heterocycles. The summed E-state index contributed by atoms with van der Waals surface area (Å²) in [5, 5.41) is 3.14. The van der Waals surface area contributed by atoms with Crippen molar-refractivity contribution >= 4 is 17.3 Å². The Morgan fingerprint density at radius 2 is 1.79 bits per heavy atom. The molecule has 7 rings (SSSR count). The largest absolute Gasteiger partial charge is 0.371 e. The van der Waals surface area contributed by atoms with Crippen LogP contribution in [0.1, 0.15) is 60.3 Å². The van der Waals surface area contributed by atoms with E-state index in [1.807, 2.05) is 42.2 Å². The van der Waals surface area contributed by atoms with Crippen molar-refractivity contribution in [2.75, 3.05) is 36.4 Å². The lowest BCUT2D eigenvalue weighted by molar-refractivity contribution is 0.102. The molecule has 3 N–H and O–H groups in total. The molecule has 1 aliphatic carbocycles. The molecule has 1 atom stereocenters. The van der Waals surface area contributed by atoms with Gasteiger partial charge in [-0.2, -0.15) is 0 Å². The molecule has 1 aromatic carbocycles. The summed E-state index contributed by atoms with van der Waals surface area (Å²) in [5.41, 5.74) is 11.6. The third-order valence-corrected chi connectivity index (χ3v) is 8.46. The molecule has 1 saturated carbocycles. The molecule has 0 radical (unpaired) electrons. The van der Waals surface area contributed by atoms with Gasteiger partial charge in [0, 0.05) is 61.7 Å². The highest BCUT2D eigenvalue weighted by atomic mass is 16.1. The van der Waals surface area contributed by atoms with Gasteiger partial charge in [-0.05, 0) is 99.7 Å². The number of rotatable bonds is 6. The van der Waals surface area contributed by atoms with Crippen LogP contribution in [-0.2, 0) is 6.54 Å². The van der Waals surface area contributed by atoms with Gasteiger partial charge in [0.15, 0.2) is 0 Å². The van der Waals surface area contributed by atoms with Gasteiger partial charge in [0.05, 0.1) is 12.0 Å². The lowest BCUT2D eigenvalue weighted by atomic mass is 9.84. The summed E-state index contributed by atoms with van der Waals surface area (Å²) in [6.07, 6.45) is 13.1. The maximum Gasteiger partial charge on any atom is 0.274 e. The Bertz CT molecular complexity index is 1270. The van der Waals surface area contributed by atoms with E-state index in [9.17, 15) is 4.79 Å². The lowest BCUT2D eigenvalue weighted by Gasteiger charge is -2.30. The minimum absolute atomic E-state index is 0.186. The lowest BCUT2D eigenvalue weighted by Crippen LogP contribution is -2.42. The quantitative estimate of drug-likeness (QED) is 0.508. The van der Waals surface area contributed by atoms with Gasteiger partial charge in [0.1, 0.15) is 5.69 Å². The Balaban J connectivity index is 1.23. The number of aromatic nitrogens is 3. The minimum atomic E-state index is -0.186. The van der Waals surface area contributed by atoms with Crippen LogP contribution in [0.25, 0.3) is 5.69 Å². The Morgan fingerprint density at radius 3 is 2.50 bits per heavy atom. The standard InChI is InChI=1S/C30H39N7O/c1-21-15-37(20-33-21)28-12-24(16-35-10-2-3-25(31)19-35)11-26(13-28)34-30(38)29-14-27(8-9-32-29)36-17-22-4-5-23(18-36)7-6-22/h8-9,11-15,20,22-23,25H,2-7,10,16-19,31H2,1H3,(H,34,38)/t22?,23?,25-/m0/s1. The number of carbonyl (C=O) groups is 1. The number of aryl methyl sites for hydroxylation is 1. The van der Waals surface area contributed by atoms with Gasteiger partial charge < -0.3 is 20.5 Å². The number of carbonyl (C=O) groups excluding carboxylic acids is 1. The number of nitrogens with two attached hydrogens (primary N) is 1. The summed E-state index contributed by atoms with van der Waals surface area (Å²) in [6, 6.07) is 10.5. The summed E-state index contributed by atoms with van der Waals surface area (Å²) in [5.74, 6) is 1.35. The third kappa shape index (κ3) is 5.76. The maximum atomic E-state index is 13.4. The predicted molar refractivity (Wildman–Crippen MR) is 151 cm³/mol. The van der Waals surface area contributed by atoms with Crippen LogP contribution in [0.4, 0.5) is 11.4 Å². The van der Waals surface area contributed by atoms with Crippen LogP contribution >= 0.6 is 0 Å². The number of amides is 1. The summed E-state index contributed by atoms with van der Waals surface area (Å²) in [4.78, 5) is 27.1. The summed E-state index contributed by atoms with van der Waals surface area (Å²) < 4.78 is 2.00. The van der Waals surface area contributed by atoms with Crippen LogP contribution in [0, 0.1) is 18.8 Å². The second-order valence-electron chi connectivity index (χ2n) is 11.6. The third-order valence-electron chi connectivity index (χ3n) is 8.46. The van der Waals surface area contributed by atoms with E-state index in [-0.39, 0.29) is 11.9 Å². The van der Waals surface area contributed by atoms with Crippen molar-refractivity contribution in [2.24, 2.45) is 17.6 Å². The molecule has 3 aliphatic heterocycles. The van der Waals surface area contributed by atoms with Crippen molar-refractivity contribution in [1.82, 2.24) is 19.4 Å². The zero-order valence-electron chi connectivity index (χ0n) is 22.4. The first kappa shape index (κ1) is 25.1. The number of nitrogens with one attached hydrogen (secondary N) is 1.